The second-order valence-corrected chi connectivity index (χ2v) is 6.76. The fourth-order valence-corrected chi connectivity index (χ4v) is 2.67. The lowest BCUT2D eigenvalue weighted by Gasteiger charge is -2.07. The third-order valence-electron chi connectivity index (χ3n) is 4.16. The van der Waals surface area contributed by atoms with Gasteiger partial charge in [0.25, 0.3) is 0 Å². The van der Waals surface area contributed by atoms with E-state index in [9.17, 15) is 14.4 Å². The maximum Gasteiger partial charge on any atom is 0.329 e. The van der Waals surface area contributed by atoms with Crippen LogP contribution in [0.15, 0.2) is 84.0 Å². The molecule has 0 spiro atoms. The Morgan fingerprint density at radius 1 is 0.844 bits per heavy atom. The fourth-order valence-electron chi connectivity index (χ4n) is 2.67. The lowest BCUT2D eigenvalue weighted by atomic mass is 10.2. The van der Waals surface area contributed by atoms with Gasteiger partial charge in [0.15, 0.2) is 0 Å². The van der Waals surface area contributed by atoms with Crippen molar-refractivity contribution < 1.29 is 19.1 Å². The third-order valence-corrected chi connectivity index (χ3v) is 4.16. The normalized spacial score (nSPS) is 10.4. The molecule has 0 bridgehead atoms. The molecule has 0 fully saturated rings. The van der Waals surface area contributed by atoms with Gasteiger partial charge in [0.1, 0.15) is 12.4 Å². The third kappa shape index (κ3) is 7.10. The maximum atomic E-state index is 12.0. The number of ether oxygens (including phenoxy) is 1. The van der Waals surface area contributed by atoms with Gasteiger partial charge < -0.3 is 15.4 Å². The van der Waals surface area contributed by atoms with Crippen molar-refractivity contribution >= 4 is 35.3 Å². The van der Waals surface area contributed by atoms with Gasteiger partial charge in [-0.3, -0.25) is 14.4 Å². The van der Waals surface area contributed by atoms with Crippen molar-refractivity contribution in [3.05, 3.63) is 90.0 Å². The average Bonchev–Trinajstić information content (AvgIpc) is 2.79. The Labute approximate surface area is 185 Å². The summed E-state index contributed by atoms with van der Waals surface area (Å²) < 4.78 is 5.76. The van der Waals surface area contributed by atoms with E-state index in [2.05, 4.69) is 21.2 Å². The molecule has 0 aliphatic heterocycles. The molecule has 8 nitrogen and oxygen atoms in total. The zero-order chi connectivity index (χ0) is 22.8. The maximum absolute atomic E-state index is 12.0. The molecule has 162 valence electrons. The number of nitrogens with zero attached hydrogens (tertiary/aromatic N) is 1. The van der Waals surface area contributed by atoms with Crippen molar-refractivity contribution in [2.24, 2.45) is 5.10 Å². The first kappa shape index (κ1) is 22.2. The molecule has 0 radical (unpaired) electrons. The highest BCUT2D eigenvalue weighted by Crippen LogP contribution is 2.15. The van der Waals surface area contributed by atoms with Crippen LogP contribution in [0.3, 0.4) is 0 Å². The van der Waals surface area contributed by atoms with E-state index < -0.39 is 11.8 Å². The minimum absolute atomic E-state index is 0.202. The van der Waals surface area contributed by atoms with E-state index in [0.717, 1.165) is 5.56 Å². The lowest BCUT2D eigenvalue weighted by molar-refractivity contribution is -0.136. The van der Waals surface area contributed by atoms with Crippen molar-refractivity contribution in [1.82, 2.24) is 5.43 Å². The van der Waals surface area contributed by atoms with E-state index in [1.165, 1.54) is 13.1 Å². The van der Waals surface area contributed by atoms with E-state index in [1.807, 2.05) is 36.4 Å². The topological polar surface area (TPSA) is 109 Å². The molecule has 0 saturated carbocycles. The number of carbonyl (C=O) groups excluding carboxylic acids is 3. The highest BCUT2D eigenvalue weighted by molar-refractivity contribution is 6.39. The molecule has 32 heavy (non-hydrogen) atoms. The van der Waals surface area contributed by atoms with Gasteiger partial charge in [0, 0.05) is 18.3 Å². The molecule has 3 aromatic carbocycles. The molecule has 0 heterocycles. The smallest absolute Gasteiger partial charge is 0.329 e. The average molecular weight is 430 g/mol. The molecule has 0 atom stereocenters. The first-order valence-corrected chi connectivity index (χ1v) is 9.78. The Morgan fingerprint density at radius 3 is 2.22 bits per heavy atom. The minimum Gasteiger partial charge on any atom is -0.489 e. The highest BCUT2D eigenvalue weighted by atomic mass is 16.5. The van der Waals surface area contributed by atoms with E-state index in [4.69, 9.17) is 4.74 Å². The zero-order valence-corrected chi connectivity index (χ0v) is 17.4. The van der Waals surface area contributed by atoms with Crippen molar-refractivity contribution in [1.29, 1.82) is 0 Å². The van der Waals surface area contributed by atoms with Crippen molar-refractivity contribution in [2.75, 3.05) is 10.6 Å². The summed E-state index contributed by atoms with van der Waals surface area (Å²) in [5, 5.41) is 8.89. The standard InChI is InChI=1S/C24H22N4O4/c1-17(29)26-20-10-12-21(13-11-20)27-23(30)24(31)28-25-15-19-8-5-9-22(14-19)32-16-18-6-3-2-4-7-18/h2-15H,16H2,1H3,(H,26,29)(H,27,30)(H,28,31)/b25-15+. The van der Waals surface area contributed by atoms with Crippen LogP contribution < -0.4 is 20.8 Å². The van der Waals surface area contributed by atoms with Crippen LogP contribution in [0.5, 0.6) is 5.75 Å². The number of benzene rings is 3. The van der Waals surface area contributed by atoms with E-state index in [0.29, 0.717) is 29.3 Å². The molecule has 0 aliphatic rings. The van der Waals surface area contributed by atoms with Crippen LogP contribution in [0, 0.1) is 0 Å². The van der Waals surface area contributed by atoms with Crippen LogP contribution in [0.2, 0.25) is 0 Å². The van der Waals surface area contributed by atoms with Crippen LogP contribution in [0.25, 0.3) is 0 Å². The summed E-state index contributed by atoms with van der Waals surface area (Å²) >= 11 is 0. The van der Waals surface area contributed by atoms with Crippen LogP contribution in [-0.4, -0.2) is 23.9 Å². The number of amides is 3. The number of hydrogen-bond acceptors (Lipinski definition) is 5. The van der Waals surface area contributed by atoms with Crippen molar-refractivity contribution in [3.63, 3.8) is 0 Å². The van der Waals surface area contributed by atoms with Gasteiger partial charge in [-0.2, -0.15) is 5.10 Å². The van der Waals surface area contributed by atoms with Crippen molar-refractivity contribution in [3.8, 4) is 5.75 Å². The molecule has 0 saturated heterocycles. The quantitative estimate of drug-likeness (QED) is 0.303. The molecule has 0 aliphatic carbocycles. The Bertz CT molecular complexity index is 1110. The summed E-state index contributed by atoms with van der Waals surface area (Å²) in [5.74, 6) is -1.32. The second-order valence-electron chi connectivity index (χ2n) is 6.76. The summed E-state index contributed by atoms with van der Waals surface area (Å²) in [7, 11) is 0. The summed E-state index contributed by atoms with van der Waals surface area (Å²) in [6.45, 7) is 1.83. The molecule has 3 N–H and O–H groups in total. The van der Waals surface area contributed by atoms with Gasteiger partial charge in [0.05, 0.1) is 6.21 Å². The fraction of sp³-hybridized carbons (Fsp3) is 0.0833. The summed E-state index contributed by atoms with van der Waals surface area (Å²) in [4.78, 5) is 35.0. The molecule has 0 unspecified atom stereocenters. The van der Waals surface area contributed by atoms with Gasteiger partial charge in [-0.1, -0.05) is 42.5 Å². The predicted molar refractivity (Wildman–Crippen MR) is 122 cm³/mol. The van der Waals surface area contributed by atoms with Crippen molar-refractivity contribution in [2.45, 2.75) is 13.5 Å². The first-order valence-electron chi connectivity index (χ1n) is 9.78. The summed E-state index contributed by atoms with van der Waals surface area (Å²) in [5.41, 5.74) is 4.93. The molecule has 3 aromatic rings. The minimum atomic E-state index is -0.913. The molecule has 8 heteroatoms. The van der Waals surface area contributed by atoms with E-state index in [1.54, 1.807) is 42.5 Å². The monoisotopic (exact) mass is 430 g/mol. The van der Waals surface area contributed by atoms with Gasteiger partial charge in [-0.05, 0) is 47.5 Å². The number of carbonyl (C=O) groups is 3. The Balaban J connectivity index is 1.49. The Kier molecular flexibility index (Phi) is 7.69. The van der Waals surface area contributed by atoms with Crippen LogP contribution in [0.1, 0.15) is 18.1 Å². The number of hydrazone groups is 1. The van der Waals surface area contributed by atoms with Crippen LogP contribution in [0.4, 0.5) is 11.4 Å². The summed E-state index contributed by atoms with van der Waals surface area (Å²) in [6, 6.07) is 23.3. The van der Waals surface area contributed by atoms with Gasteiger partial charge in [0.2, 0.25) is 5.91 Å². The highest BCUT2D eigenvalue weighted by Gasteiger charge is 2.12. The van der Waals surface area contributed by atoms with Gasteiger partial charge in [-0.25, -0.2) is 5.43 Å². The van der Waals surface area contributed by atoms with Gasteiger partial charge in [-0.15, -0.1) is 0 Å². The first-order chi connectivity index (χ1) is 15.5. The largest absolute Gasteiger partial charge is 0.489 e. The molecular formula is C24H22N4O4. The van der Waals surface area contributed by atoms with Gasteiger partial charge >= 0.3 is 11.8 Å². The zero-order valence-electron chi connectivity index (χ0n) is 17.4. The Hall–Kier alpha value is -4.46. The van der Waals surface area contributed by atoms with Crippen LogP contribution >= 0.6 is 0 Å². The molecule has 3 rings (SSSR count). The second kappa shape index (κ2) is 11.1. The van der Waals surface area contributed by atoms with Crippen LogP contribution in [-0.2, 0) is 21.0 Å². The number of hydrogen-bond donors (Lipinski definition) is 3. The SMILES string of the molecule is CC(=O)Nc1ccc(NC(=O)C(=O)N/N=C/c2cccc(OCc3ccccc3)c2)cc1. The predicted octanol–water partition coefficient (Wildman–Crippen LogP) is 3.31. The number of rotatable bonds is 7. The Morgan fingerprint density at radius 2 is 1.53 bits per heavy atom. The number of anilines is 2. The lowest BCUT2D eigenvalue weighted by Crippen LogP contribution is -2.32. The number of nitrogens with one attached hydrogen (secondary N) is 3. The summed E-state index contributed by atoms with van der Waals surface area (Å²) in [6.07, 6.45) is 1.42. The van der Waals surface area contributed by atoms with E-state index >= 15 is 0 Å². The van der Waals surface area contributed by atoms with E-state index in [-0.39, 0.29) is 5.91 Å². The molecular weight excluding hydrogens is 408 g/mol. The molecule has 3 amide bonds. The molecule has 0 aromatic heterocycles.